The third-order valence-corrected chi connectivity index (χ3v) is 5.53. The number of nitrogens with one attached hydrogen (secondary N) is 1. The molecule has 2 rings (SSSR count). The Morgan fingerprint density at radius 1 is 1.38 bits per heavy atom. The minimum Gasteiger partial charge on any atom is -0.484 e. The van der Waals surface area contributed by atoms with Crippen molar-refractivity contribution >= 4 is 56.0 Å². The summed E-state index contributed by atoms with van der Waals surface area (Å²) in [5.41, 5.74) is 1.02. The van der Waals surface area contributed by atoms with Crippen LogP contribution in [0.1, 0.15) is 5.56 Å². The van der Waals surface area contributed by atoms with E-state index >= 15 is 0 Å². The molecule has 24 heavy (non-hydrogen) atoms. The maximum atomic E-state index is 11.9. The Hall–Kier alpha value is -1.65. The minimum absolute atomic E-state index is 0.134. The van der Waals surface area contributed by atoms with Gasteiger partial charge in [-0.3, -0.25) is 14.9 Å². The summed E-state index contributed by atoms with van der Waals surface area (Å²) >= 11 is 5.78. The van der Waals surface area contributed by atoms with Crippen molar-refractivity contribution in [3.8, 4) is 5.75 Å². The van der Waals surface area contributed by atoms with E-state index in [4.69, 9.17) is 4.74 Å². The fourth-order valence-electron chi connectivity index (χ4n) is 1.51. The molecule has 2 aromatic rings. The Balaban J connectivity index is 1.80. The number of nitrogens with zero attached hydrogens (tertiary/aromatic N) is 2. The average molecular weight is 432 g/mol. The molecule has 0 spiro atoms. The molecule has 128 valence electrons. The number of ether oxygens (including phenoxy) is 2. The van der Waals surface area contributed by atoms with Crippen LogP contribution >= 0.6 is 39.0 Å². The lowest BCUT2D eigenvalue weighted by molar-refractivity contribution is -0.137. The molecule has 1 heterocycles. The molecule has 1 N–H and O–H groups in total. The highest BCUT2D eigenvalue weighted by molar-refractivity contribution is 9.10. The first-order valence-electron chi connectivity index (χ1n) is 6.70. The number of hydrogen-bond donors (Lipinski definition) is 1. The van der Waals surface area contributed by atoms with Gasteiger partial charge in [0.2, 0.25) is 5.13 Å². The molecule has 1 amide bonds. The zero-order valence-electron chi connectivity index (χ0n) is 12.9. The van der Waals surface area contributed by atoms with Crippen molar-refractivity contribution in [3.63, 3.8) is 0 Å². The number of thioether (sulfide) groups is 1. The molecule has 7 nitrogen and oxygen atoms in total. The first-order valence-corrected chi connectivity index (χ1v) is 9.29. The van der Waals surface area contributed by atoms with Gasteiger partial charge in [-0.15, -0.1) is 10.2 Å². The number of aromatic nitrogens is 2. The number of amides is 1. The van der Waals surface area contributed by atoms with Crippen molar-refractivity contribution < 1.29 is 19.1 Å². The van der Waals surface area contributed by atoms with E-state index in [2.05, 4.69) is 36.2 Å². The molecule has 0 radical (unpaired) electrons. The third kappa shape index (κ3) is 5.77. The van der Waals surface area contributed by atoms with Crippen molar-refractivity contribution in [2.24, 2.45) is 0 Å². The fraction of sp³-hybridized carbons (Fsp3) is 0.286. The van der Waals surface area contributed by atoms with Crippen LogP contribution < -0.4 is 10.1 Å². The number of hydrogen-bond acceptors (Lipinski definition) is 8. The van der Waals surface area contributed by atoms with Gasteiger partial charge in [0.1, 0.15) is 5.75 Å². The summed E-state index contributed by atoms with van der Waals surface area (Å²) in [6.45, 7) is 1.80. The summed E-state index contributed by atoms with van der Waals surface area (Å²) in [6, 6.07) is 5.47. The van der Waals surface area contributed by atoms with Gasteiger partial charge in [-0.25, -0.2) is 0 Å². The van der Waals surface area contributed by atoms with Gasteiger partial charge in [0.05, 0.1) is 12.9 Å². The molecule has 0 unspecified atom stereocenters. The molecule has 0 aliphatic carbocycles. The number of benzene rings is 1. The van der Waals surface area contributed by atoms with Gasteiger partial charge in [0.25, 0.3) is 5.91 Å². The van der Waals surface area contributed by atoms with Gasteiger partial charge in [0.15, 0.2) is 10.9 Å². The second-order valence-corrected chi connectivity index (χ2v) is 7.54. The van der Waals surface area contributed by atoms with Gasteiger partial charge in [-0.2, -0.15) is 0 Å². The van der Waals surface area contributed by atoms with Crippen LogP contribution in [-0.4, -0.2) is 41.5 Å². The molecular formula is C14H14BrN3O4S2. The van der Waals surface area contributed by atoms with E-state index in [9.17, 15) is 9.59 Å². The van der Waals surface area contributed by atoms with Crippen LogP contribution in [0.15, 0.2) is 27.0 Å². The van der Waals surface area contributed by atoms with Crippen LogP contribution in [0.5, 0.6) is 5.75 Å². The summed E-state index contributed by atoms with van der Waals surface area (Å²) in [5.74, 6) is 0.0677. The van der Waals surface area contributed by atoms with Crippen LogP contribution in [-0.2, 0) is 14.3 Å². The number of halogens is 1. The van der Waals surface area contributed by atoms with E-state index in [-0.39, 0.29) is 24.2 Å². The third-order valence-electron chi connectivity index (χ3n) is 2.69. The highest BCUT2D eigenvalue weighted by atomic mass is 79.9. The van der Waals surface area contributed by atoms with Crippen LogP contribution in [0.2, 0.25) is 0 Å². The zero-order chi connectivity index (χ0) is 17.5. The molecule has 0 saturated carbocycles. The lowest BCUT2D eigenvalue weighted by Crippen LogP contribution is -2.20. The van der Waals surface area contributed by atoms with Gasteiger partial charge < -0.3 is 9.47 Å². The summed E-state index contributed by atoms with van der Waals surface area (Å²) < 4.78 is 11.5. The standard InChI is InChI=1S/C14H14BrN3O4S2/c1-8-5-9(3-4-10(8)15)22-6-11(19)16-13-17-18-14(24-13)23-7-12(20)21-2/h3-5H,6-7H2,1-2H3,(H,16,17,19). The molecule has 0 aliphatic heterocycles. The van der Waals surface area contributed by atoms with E-state index < -0.39 is 0 Å². The predicted molar refractivity (Wildman–Crippen MR) is 95.7 cm³/mol. The van der Waals surface area contributed by atoms with Crippen molar-refractivity contribution in [2.45, 2.75) is 11.3 Å². The van der Waals surface area contributed by atoms with Gasteiger partial charge in [-0.05, 0) is 30.7 Å². The SMILES string of the molecule is COC(=O)CSc1nnc(NC(=O)COc2ccc(Br)c(C)c2)s1. The smallest absolute Gasteiger partial charge is 0.316 e. The number of rotatable bonds is 7. The highest BCUT2D eigenvalue weighted by Crippen LogP contribution is 2.25. The van der Waals surface area contributed by atoms with E-state index in [1.54, 1.807) is 6.07 Å². The maximum absolute atomic E-state index is 11.9. The zero-order valence-corrected chi connectivity index (χ0v) is 16.1. The normalized spacial score (nSPS) is 10.3. The van der Waals surface area contributed by atoms with E-state index in [0.29, 0.717) is 15.2 Å². The van der Waals surface area contributed by atoms with Crippen LogP contribution in [0.25, 0.3) is 0 Å². The van der Waals surface area contributed by atoms with Crippen LogP contribution in [0.3, 0.4) is 0 Å². The Bertz CT molecular complexity index is 739. The van der Waals surface area contributed by atoms with Gasteiger partial charge >= 0.3 is 5.97 Å². The minimum atomic E-state index is -0.348. The Morgan fingerprint density at radius 2 is 2.17 bits per heavy atom. The molecule has 0 saturated heterocycles. The number of carbonyl (C=O) groups excluding carboxylic acids is 2. The Kier molecular flexibility index (Phi) is 7.00. The molecule has 0 aliphatic rings. The number of carbonyl (C=O) groups is 2. The first-order chi connectivity index (χ1) is 11.5. The van der Waals surface area contributed by atoms with Crippen LogP contribution in [0.4, 0.5) is 5.13 Å². The van der Waals surface area contributed by atoms with Gasteiger partial charge in [-0.1, -0.05) is 39.0 Å². The summed E-state index contributed by atoms with van der Waals surface area (Å²) in [7, 11) is 1.32. The predicted octanol–water partition coefficient (Wildman–Crippen LogP) is 2.89. The summed E-state index contributed by atoms with van der Waals surface area (Å²) in [5, 5.41) is 10.7. The molecule has 0 fully saturated rings. The van der Waals surface area contributed by atoms with Crippen molar-refractivity contribution in [1.29, 1.82) is 0 Å². The van der Waals surface area contributed by atoms with Crippen molar-refractivity contribution in [2.75, 3.05) is 24.8 Å². The van der Waals surface area contributed by atoms with E-state index in [1.807, 2.05) is 19.1 Å². The Morgan fingerprint density at radius 3 is 2.88 bits per heavy atom. The molecular weight excluding hydrogens is 418 g/mol. The second-order valence-electron chi connectivity index (χ2n) is 4.49. The van der Waals surface area contributed by atoms with Gasteiger partial charge in [0, 0.05) is 4.47 Å². The summed E-state index contributed by atoms with van der Waals surface area (Å²) in [6.07, 6.45) is 0. The average Bonchev–Trinajstić information content (AvgIpc) is 3.01. The quantitative estimate of drug-likeness (QED) is 0.409. The van der Waals surface area contributed by atoms with Crippen molar-refractivity contribution in [1.82, 2.24) is 10.2 Å². The largest absolute Gasteiger partial charge is 0.484 e. The highest BCUT2D eigenvalue weighted by Gasteiger charge is 2.11. The molecule has 0 atom stereocenters. The number of anilines is 1. The summed E-state index contributed by atoms with van der Waals surface area (Å²) in [4.78, 5) is 22.9. The van der Waals surface area contributed by atoms with Crippen molar-refractivity contribution in [3.05, 3.63) is 28.2 Å². The van der Waals surface area contributed by atoms with Crippen LogP contribution in [0, 0.1) is 6.92 Å². The first kappa shape index (κ1) is 18.7. The Labute approximate surface area is 155 Å². The molecule has 10 heteroatoms. The monoisotopic (exact) mass is 431 g/mol. The lowest BCUT2D eigenvalue weighted by atomic mass is 10.2. The lowest BCUT2D eigenvalue weighted by Gasteiger charge is -2.07. The maximum Gasteiger partial charge on any atom is 0.316 e. The second kappa shape index (κ2) is 9.00. The fourth-order valence-corrected chi connectivity index (χ4v) is 3.36. The molecule has 1 aromatic heterocycles. The van der Waals surface area contributed by atoms with E-state index in [1.165, 1.54) is 30.2 Å². The van der Waals surface area contributed by atoms with E-state index in [0.717, 1.165) is 10.0 Å². The topological polar surface area (TPSA) is 90.4 Å². The number of aryl methyl sites for hydroxylation is 1. The number of methoxy groups -OCH3 is 1. The molecule has 0 bridgehead atoms. The molecule has 1 aromatic carbocycles. The number of esters is 1.